The molecule has 0 saturated carbocycles. The van der Waals surface area contributed by atoms with Crippen LogP contribution in [-0.4, -0.2) is 22.3 Å². The minimum Gasteiger partial charge on any atom is -0.369 e. The van der Waals surface area contributed by atoms with E-state index in [9.17, 15) is 4.79 Å². The predicted molar refractivity (Wildman–Crippen MR) is 81.5 cm³/mol. The van der Waals surface area contributed by atoms with Crippen molar-refractivity contribution in [3.63, 3.8) is 0 Å². The molecular formula is C15H20ClN3O. The Morgan fingerprint density at radius 2 is 2.15 bits per heavy atom. The maximum absolute atomic E-state index is 12.6. The highest BCUT2D eigenvalue weighted by molar-refractivity contribution is 6.30. The fourth-order valence-corrected chi connectivity index (χ4v) is 2.87. The molecule has 1 aliphatic rings. The minimum atomic E-state index is -0.739. The second-order valence-electron chi connectivity index (χ2n) is 5.86. The van der Waals surface area contributed by atoms with Crippen LogP contribution in [0.3, 0.4) is 0 Å². The molecule has 108 valence electrons. The zero-order chi connectivity index (χ0) is 14.9. The van der Waals surface area contributed by atoms with Crippen LogP contribution in [-0.2, 0) is 11.3 Å². The molecule has 2 rings (SSSR count). The maximum atomic E-state index is 12.6. The van der Waals surface area contributed by atoms with Crippen LogP contribution in [0.15, 0.2) is 29.3 Å². The molecule has 1 heterocycles. The third-order valence-electron chi connectivity index (χ3n) is 3.38. The number of carbonyl (C=O) groups excluding carboxylic acids is 1. The molecule has 1 aromatic rings. The van der Waals surface area contributed by atoms with Crippen molar-refractivity contribution in [1.82, 2.24) is 4.90 Å². The van der Waals surface area contributed by atoms with Crippen molar-refractivity contribution in [2.45, 2.75) is 39.3 Å². The van der Waals surface area contributed by atoms with Gasteiger partial charge in [0.05, 0.1) is 6.54 Å². The van der Waals surface area contributed by atoms with Crippen molar-refractivity contribution in [2.75, 3.05) is 0 Å². The van der Waals surface area contributed by atoms with Crippen LogP contribution < -0.4 is 5.73 Å². The SMILES string of the molecule is CC(C)C[C@@]1(C)N=C(N)N(Cc2cccc(Cl)c2)C1=O. The Balaban J connectivity index is 2.19. The number of benzene rings is 1. The van der Waals surface area contributed by atoms with E-state index in [4.69, 9.17) is 17.3 Å². The lowest BCUT2D eigenvalue weighted by molar-refractivity contribution is -0.131. The normalized spacial score (nSPS) is 22.6. The fourth-order valence-electron chi connectivity index (χ4n) is 2.65. The van der Waals surface area contributed by atoms with Crippen LogP contribution in [0, 0.1) is 5.92 Å². The lowest BCUT2D eigenvalue weighted by Crippen LogP contribution is -2.43. The molecule has 0 saturated heterocycles. The molecule has 0 aliphatic carbocycles. The van der Waals surface area contributed by atoms with Gasteiger partial charge in [-0.15, -0.1) is 0 Å². The Bertz CT molecular complexity index is 556. The Labute approximate surface area is 124 Å². The van der Waals surface area contributed by atoms with Gasteiger partial charge < -0.3 is 5.73 Å². The molecule has 1 amide bonds. The number of guanidine groups is 1. The highest BCUT2D eigenvalue weighted by Crippen LogP contribution is 2.29. The van der Waals surface area contributed by atoms with Crippen molar-refractivity contribution >= 4 is 23.5 Å². The summed E-state index contributed by atoms with van der Waals surface area (Å²) < 4.78 is 0. The number of nitrogens with two attached hydrogens (primary N) is 1. The molecule has 0 radical (unpaired) electrons. The van der Waals surface area contributed by atoms with Gasteiger partial charge in [-0.2, -0.15) is 0 Å². The van der Waals surface area contributed by atoms with Crippen molar-refractivity contribution < 1.29 is 4.79 Å². The van der Waals surface area contributed by atoms with E-state index in [1.807, 2.05) is 25.1 Å². The molecule has 2 N–H and O–H groups in total. The van der Waals surface area contributed by atoms with Gasteiger partial charge >= 0.3 is 0 Å². The van der Waals surface area contributed by atoms with Gasteiger partial charge in [0.25, 0.3) is 5.91 Å². The first kappa shape index (κ1) is 14.9. The maximum Gasteiger partial charge on any atom is 0.257 e. The topological polar surface area (TPSA) is 58.7 Å². The first-order chi connectivity index (χ1) is 9.32. The van der Waals surface area contributed by atoms with Crippen LogP contribution in [0.1, 0.15) is 32.8 Å². The van der Waals surface area contributed by atoms with E-state index in [2.05, 4.69) is 18.8 Å². The van der Waals surface area contributed by atoms with E-state index in [0.717, 1.165) is 5.56 Å². The average Bonchev–Trinajstić information content (AvgIpc) is 2.52. The second kappa shape index (κ2) is 5.44. The molecule has 1 atom stereocenters. The number of carbonyl (C=O) groups is 1. The van der Waals surface area contributed by atoms with Gasteiger partial charge in [0.1, 0.15) is 5.54 Å². The van der Waals surface area contributed by atoms with Gasteiger partial charge in [-0.1, -0.05) is 37.6 Å². The lowest BCUT2D eigenvalue weighted by Gasteiger charge is -2.23. The van der Waals surface area contributed by atoms with Crippen LogP contribution in [0.4, 0.5) is 0 Å². The summed E-state index contributed by atoms with van der Waals surface area (Å²) in [6.45, 7) is 6.40. The van der Waals surface area contributed by atoms with E-state index in [0.29, 0.717) is 23.9 Å². The van der Waals surface area contributed by atoms with E-state index in [1.165, 1.54) is 4.90 Å². The summed E-state index contributed by atoms with van der Waals surface area (Å²) in [7, 11) is 0. The summed E-state index contributed by atoms with van der Waals surface area (Å²) in [5, 5.41) is 0.648. The molecule has 0 aromatic heterocycles. The summed E-state index contributed by atoms with van der Waals surface area (Å²) >= 11 is 5.96. The summed E-state index contributed by atoms with van der Waals surface area (Å²) in [6.07, 6.45) is 0.693. The molecule has 0 fully saturated rings. The summed E-state index contributed by atoms with van der Waals surface area (Å²) in [6, 6.07) is 7.42. The fraction of sp³-hybridized carbons (Fsp3) is 0.467. The minimum absolute atomic E-state index is 0.0383. The number of nitrogens with zero attached hydrogens (tertiary/aromatic N) is 2. The predicted octanol–water partition coefficient (Wildman–Crippen LogP) is 2.80. The van der Waals surface area contributed by atoms with E-state index in [1.54, 1.807) is 6.07 Å². The van der Waals surface area contributed by atoms with Gasteiger partial charge in [0.2, 0.25) is 0 Å². The average molecular weight is 294 g/mol. The number of hydrogen-bond acceptors (Lipinski definition) is 3. The smallest absolute Gasteiger partial charge is 0.257 e. The zero-order valence-corrected chi connectivity index (χ0v) is 12.8. The first-order valence-electron chi connectivity index (χ1n) is 6.73. The molecule has 0 bridgehead atoms. The molecular weight excluding hydrogens is 274 g/mol. The Morgan fingerprint density at radius 1 is 1.45 bits per heavy atom. The number of aliphatic imine (C=N–C) groups is 1. The van der Waals surface area contributed by atoms with Crippen LogP contribution >= 0.6 is 11.6 Å². The van der Waals surface area contributed by atoms with E-state index < -0.39 is 5.54 Å². The zero-order valence-electron chi connectivity index (χ0n) is 12.1. The van der Waals surface area contributed by atoms with Crippen molar-refractivity contribution in [1.29, 1.82) is 0 Å². The summed E-state index contributed by atoms with van der Waals surface area (Å²) in [5.74, 6) is 0.633. The van der Waals surface area contributed by atoms with Crippen LogP contribution in [0.2, 0.25) is 5.02 Å². The molecule has 1 aliphatic heterocycles. The molecule has 5 heteroatoms. The quantitative estimate of drug-likeness (QED) is 0.928. The second-order valence-corrected chi connectivity index (χ2v) is 6.30. The highest BCUT2D eigenvalue weighted by atomic mass is 35.5. The number of rotatable bonds is 4. The van der Waals surface area contributed by atoms with Gasteiger partial charge in [-0.05, 0) is 37.0 Å². The Kier molecular flexibility index (Phi) is 4.04. The molecule has 1 aromatic carbocycles. The van der Waals surface area contributed by atoms with Crippen molar-refractivity contribution in [3.05, 3.63) is 34.9 Å². The number of hydrogen-bond donors (Lipinski definition) is 1. The molecule has 4 nitrogen and oxygen atoms in total. The molecule has 0 spiro atoms. The third-order valence-corrected chi connectivity index (χ3v) is 3.61. The van der Waals surface area contributed by atoms with Crippen molar-refractivity contribution in [3.8, 4) is 0 Å². The standard InChI is InChI=1S/C15H20ClN3O/c1-10(2)8-15(3)13(20)19(14(17)18-15)9-11-5-4-6-12(16)7-11/h4-7,10H,8-9H2,1-3H3,(H2,17,18)/t15-/m1/s1. The van der Waals surface area contributed by atoms with Crippen LogP contribution in [0.25, 0.3) is 0 Å². The van der Waals surface area contributed by atoms with E-state index >= 15 is 0 Å². The van der Waals surface area contributed by atoms with Gasteiger partial charge in [0, 0.05) is 5.02 Å². The van der Waals surface area contributed by atoms with Gasteiger partial charge in [-0.25, -0.2) is 4.99 Å². The van der Waals surface area contributed by atoms with Gasteiger partial charge in [-0.3, -0.25) is 9.69 Å². The van der Waals surface area contributed by atoms with Crippen molar-refractivity contribution in [2.24, 2.45) is 16.6 Å². The lowest BCUT2D eigenvalue weighted by atomic mass is 9.91. The number of halogens is 1. The monoisotopic (exact) mass is 293 g/mol. The van der Waals surface area contributed by atoms with Crippen LogP contribution in [0.5, 0.6) is 0 Å². The number of amides is 1. The summed E-state index contributed by atoms with van der Waals surface area (Å²) in [5.41, 5.74) is 6.13. The highest BCUT2D eigenvalue weighted by Gasteiger charge is 2.43. The van der Waals surface area contributed by atoms with E-state index in [-0.39, 0.29) is 11.9 Å². The largest absolute Gasteiger partial charge is 0.369 e. The Hall–Kier alpha value is -1.55. The molecule has 0 unspecified atom stereocenters. The summed E-state index contributed by atoms with van der Waals surface area (Å²) in [4.78, 5) is 18.5. The Morgan fingerprint density at radius 3 is 2.75 bits per heavy atom. The molecule has 20 heavy (non-hydrogen) atoms. The third kappa shape index (κ3) is 2.96. The van der Waals surface area contributed by atoms with Gasteiger partial charge in [0.15, 0.2) is 5.96 Å². The first-order valence-corrected chi connectivity index (χ1v) is 7.11.